The number of hydrogen-bond donors (Lipinski definition) is 4. The molecule has 0 saturated carbocycles. The molecule has 3 heterocycles. The summed E-state index contributed by atoms with van der Waals surface area (Å²) in [5.74, 6) is -3.19. The molecule has 2 aromatic heterocycles. The van der Waals surface area contributed by atoms with Crippen LogP contribution < -0.4 is 16.4 Å². The average molecular weight is 608 g/mol. The summed E-state index contributed by atoms with van der Waals surface area (Å²) in [7, 11) is 0. The van der Waals surface area contributed by atoms with Crippen LogP contribution in [-0.4, -0.2) is 44.1 Å². The van der Waals surface area contributed by atoms with Crippen LogP contribution in [0.3, 0.4) is 0 Å². The fourth-order valence-electron chi connectivity index (χ4n) is 4.56. The number of H-pyrrole nitrogens is 1. The number of fused-ring (bicyclic) bond motifs is 1. The first-order valence-corrected chi connectivity index (χ1v) is 13.6. The Balaban J connectivity index is 1.19. The number of hydrogen-bond acceptors (Lipinski definition) is 6. The van der Waals surface area contributed by atoms with Crippen LogP contribution in [0.2, 0.25) is 0 Å². The molecule has 4 aromatic rings. The van der Waals surface area contributed by atoms with E-state index in [2.05, 4.69) is 32.2 Å². The molecule has 1 aliphatic heterocycles. The summed E-state index contributed by atoms with van der Waals surface area (Å²) in [4.78, 5) is 51.1. The van der Waals surface area contributed by atoms with Crippen molar-refractivity contribution in [3.63, 3.8) is 0 Å². The number of benzene rings is 2. The predicted molar refractivity (Wildman–Crippen MR) is 166 cm³/mol. The Bertz CT molecular complexity index is 1880. The van der Waals surface area contributed by atoms with Crippen molar-refractivity contribution in [1.29, 1.82) is 0 Å². The van der Waals surface area contributed by atoms with Crippen LogP contribution in [0.5, 0.6) is 0 Å². The Hall–Kier alpha value is -6.17. The second-order valence-electron chi connectivity index (χ2n) is 9.79. The molecule has 3 amide bonds. The zero-order valence-electron chi connectivity index (χ0n) is 23.8. The molecule has 0 spiro atoms. The van der Waals surface area contributed by atoms with Gasteiger partial charge in [0.25, 0.3) is 17.7 Å². The number of aromatic amines is 1. The van der Waals surface area contributed by atoms with Gasteiger partial charge in [-0.15, -0.1) is 0 Å². The van der Waals surface area contributed by atoms with E-state index in [1.165, 1.54) is 12.3 Å². The second-order valence-corrected chi connectivity index (χ2v) is 9.79. The highest BCUT2D eigenvalue weighted by atomic mass is 19.2. The number of halogens is 2. The number of nitrogens with two attached hydrogens (primary N) is 1. The summed E-state index contributed by atoms with van der Waals surface area (Å²) < 4.78 is 26.8. The third kappa shape index (κ3) is 6.91. The van der Waals surface area contributed by atoms with Gasteiger partial charge in [-0.3, -0.25) is 19.4 Å². The number of anilines is 1. The van der Waals surface area contributed by atoms with Crippen molar-refractivity contribution in [2.75, 3.05) is 11.9 Å². The third-order valence-electron chi connectivity index (χ3n) is 6.80. The summed E-state index contributed by atoms with van der Waals surface area (Å²) in [5, 5.41) is 5.45. The van der Waals surface area contributed by atoms with Crippen LogP contribution >= 0.6 is 0 Å². The van der Waals surface area contributed by atoms with E-state index in [4.69, 9.17) is 5.73 Å². The van der Waals surface area contributed by atoms with E-state index >= 15 is 0 Å². The van der Waals surface area contributed by atoms with Gasteiger partial charge in [-0.05, 0) is 47.5 Å². The third-order valence-corrected chi connectivity index (χ3v) is 6.80. The van der Waals surface area contributed by atoms with Gasteiger partial charge in [-0.1, -0.05) is 36.9 Å². The molecular formula is C33H27F2N7O3. The lowest BCUT2D eigenvalue weighted by molar-refractivity contribution is -0.128. The first kappa shape index (κ1) is 30.3. The molecule has 45 heavy (non-hydrogen) atoms. The van der Waals surface area contributed by atoms with Gasteiger partial charge >= 0.3 is 0 Å². The van der Waals surface area contributed by atoms with E-state index in [9.17, 15) is 23.2 Å². The molecule has 5 N–H and O–H groups in total. The topological polar surface area (TPSA) is 146 Å². The molecular weight excluding hydrogens is 580 g/mol. The van der Waals surface area contributed by atoms with Gasteiger partial charge in [-0.25, -0.2) is 13.8 Å². The molecule has 0 aliphatic carbocycles. The summed E-state index contributed by atoms with van der Waals surface area (Å²) in [5.41, 5.74) is 9.53. The molecule has 0 radical (unpaired) electrons. The van der Waals surface area contributed by atoms with Crippen molar-refractivity contribution in [2.45, 2.75) is 6.54 Å². The standard InChI is InChI=1S/C33H27F2N7O3/c1-2-42(19-21-8-10-27(34)28(35)13-21)33(45)26(16-36)31(43)38-12-3-5-20-7-9-24-25(32(44)41-29(24)14-20)15-23-18-39-30(40-23)22-6-4-11-37-17-22/h2-11,13-18H,1,12,19,36H2,(H,38,43)(H,39,40)(H,41,44)/b5-3+,25-15-,26-16-. The first-order chi connectivity index (χ1) is 21.8. The van der Waals surface area contributed by atoms with Gasteiger partial charge in [0.2, 0.25) is 0 Å². The van der Waals surface area contributed by atoms with Crippen LogP contribution in [0.4, 0.5) is 14.5 Å². The van der Waals surface area contributed by atoms with Gasteiger partial charge in [0.1, 0.15) is 11.4 Å². The predicted octanol–water partition coefficient (Wildman–Crippen LogP) is 4.39. The van der Waals surface area contributed by atoms with Crippen molar-refractivity contribution in [1.82, 2.24) is 25.2 Å². The van der Waals surface area contributed by atoms with Gasteiger partial charge in [0, 0.05) is 54.3 Å². The molecule has 0 bridgehead atoms. The quantitative estimate of drug-likeness (QED) is 0.120. The summed E-state index contributed by atoms with van der Waals surface area (Å²) in [6, 6.07) is 12.4. The van der Waals surface area contributed by atoms with Gasteiger partial charge in [-0.2, -0.15) is 0 Å². The van der Waals surface area contributed by atoms with Crippen LogP contribution in [0.25, 0.3) is 29.1 Å². The highest BCUT2D eigenvalue weighted by Crippen LogP contribution is 2.34. The van der Waals surface area contributed by atoms with E-state index in [1.54, 1.807) is 42.9 Å². The zero-order chi connectivity index (χ0) is 31.9. The molecule has 5 rings (SSSR count). The zero-order valence-corrected chi connectivity index (χ0v) is 23.8. The monoisotopic (exact) mass is 607 g/mol. The van der Waals surface area contributed by atoms with E-state index in [-0.39, 0.29) is 24.6 Å². The maximum absolute atomic E-state index is 13.6. The number of nitrogens with zero attached hydrogens (tertiary/aromatic N) is 3. The van der Waals surface area contributed by atoms with Crippen LogP contribution in [0.15, 0.2) is 97.7 Å². The molecule has 0 unspecified atom stereocenters. The molecule has 0 atom stereocenters. The lowest BCUT2D eigenvalue weighted by atomic mass is 10.0. The number of pyridine rings is 1. The molecule has 12 heteroatoms. The maximum Gasteiger partial charge on any atom is 0.265 e. The van der Waals surface area contributed by atoms with Gasteiger partial charge < -0.3 is 26.3 Å². The fourth-order valence-corrected chi connectivity index (χ4v) is 4.56. The van der Waals surface area contributed by atoms with Crippen molar-refractivity contribution in [2.24, 2.45) is 5.73 Å². The fraction of sp³-hybridized carbons (Fsp3) is 0.0606. The SMILES string of the molecule is C=CN(Cc1ccc(F)c(F)c1)C(=O)/C(=C\N)C(=O)NC/C=C/c1ccc2c(c1)NC(=O)/C2=C\c1c[nH]c(-c2cccnc2)n1. The minimum absolute atomic E-state index is 0.0632. The van der Waals surface area contributed by atoms with Crippen molar-refractivity contribution in [3.8, 4) is 11.4 Å². The Labute approximate surface area is 256 Å². The number of aromatic nitrogens is 3. The van der Waals surface area contributed by atoms with E-state index < -0.39 is 23.4 Å². The Kier molecular flexibility index (Phi) is 9.04. The first-order valence-electron chi connectivity index (χ1n) is 13.6. The molecule has 1 aliphatic rings. The van der Waals surface area contributed by atoms with Crippen LogP contribution in [0.1, 0.15) is 22.4 Å². The average Bonchev–Trinajstić information content (AvgIpc) is 3.64. The molecule has 226 valence electrons. The van der Waals surface area contributed by atoms with Crippen molar-refractivity contribution < 1.29 is 23.2 Å². The highest BCUT2D eigenvalue weighted by molar-refractivity contribution is 6.34. The lowest BCUT2D eigenvalue weighted by Gasteiger charge is -2.19. The Morgan fingerprint density at radius 1 is 1.11 bits per heavy atom. The van der Waals surface area contributed by atoms with Crippen LogP contribution in [-0.2, 0) is 20.9 Å². The van der Waals surface area contributed by atoms with E-state index in [0.717, 1.165) is 39.9 Å². The lowest BCUT2D eigenvalue weighted by Crippen LogP contribution is -2.35. The van der Waals surface area contributed by atoms with E-state index in [0.29, 0.717) is 28.3 Å². The number of amides is 3. The highest BCUT2D eigenvalue weighted by Gasteiger charge is 2.25. The van der Waals surface area contributed by atoms with Crippen molar-refractivity contribution in [3.05, 3.63) is 132 Å². The van der Waals surface area contributed by atoms with Crippen molar-refractivity contribution >= 4 is 41.1 Å². The summed E-state index contributed by atoms with van der Waals surface area (Å²) in [6.07, 6.45) is 12.2. The maximum atomic E-state index is 13.6. The molecule has 10 nitrogen and oxygen atoms in total. The van der Waals surface area contributed by atoms with E-state index in [1.807, 2.05) is 24.3 Å². The second kappa shape index (κ2) is 13.4. The van der Waals surface area contributed by atoms with Crippen LogP contribution in [0, 0.1) is 11.6 Å². The number of imidazole rings is 1. The molecule has 0 saturated heterocycles. The normalized spacial score (nSPS) is 13.5. The summed E-state index contributed by atoms with van der Waals surface area (Å²) in [6.45, 7) is 3.47. The molecule has 2 aromatic carbocycles. The minimum Gasteiger partial charge on any atom is -0.404 e. The molecule has 0 fully saturated rings. The number of rotatable bonds is 10. The number of nitrogens with one attached hydrogen (secondary N) is 3. The number of carbonyl (C=O) groups excluding carboxylic acids is 3. The largest absolute Gasteiger partial charge is 0.404 e. The van der Waals surface area contributed by atoms with Gasteiger partial charge in [0.05, 0.1) is 17.8 Å². The van der Waals surface area contributed by atoms with Gasteiger partial charge in [0.15, 0.2) is 11.6 Å². The Morgan fingerprint density at radius 3 is 2.69 bits per heavy atom. The minimum atomic E-state index is -1.06. The number of carbonyl (C=O) groups is 3. The smallest absolute Gasteiger partial charge is 0.265 e. The summed E-state index contributed by atoms with van der Waals surface area (Å²) >= 11 is 0. The Morgan fingerprint density at radius 2 is 1.96 bits per heavy atom.